The minimum absolute atomic E-state index is 0.0135. The van der Waals surface area contributed by atoms with Gasteiger partial charge in [-0.05, 0) is 71.2 Å². The van der Waals surface area contributed by atoms with E-state index in [4.69, 9.17) is 10.5 Å². The molecule has 0 saturated heterocycles. The molecule has 5 rings (SSSR count). The fourth-order valence-electron chi connectivity index (χ4n) is 3.53. The third-order valence-electron chi connectivity index (χ3n) is 5.48. The highest BCUT2D eigenvalue weighted by atomic mass is 79.9. The number of primary amides is 1. The molecule has 0 bridgehead atoms. The number of carbonyl (C=O) groups is 2. The molecule has 0 spiro atoms. The molecule has 1 saturated carbocycles. The van der Waals surface area contributed by atoms with Crippen LogP contribution in [-0.4, -0.2) is 26.3 Å². The third kappa shape index (κ3) is 4.96. The van der Waals surface area contributed by atoms with Crippen molar-refractivity contribution < 1.29 is 23.1 Å². The zero-order valence-electron chi connectivity index (χ0n) is 18.5. The molecule has 0 radical (unpaired) electrons. The number of pyridine rings is 1. The van der Waals surface area contributed by atoms with Crippen LogP contribution >= 0.6 is 15.9 Å². The normalized spacial score (nSPS) is 12.9. The molecule has 1 aliphatic rings. The Kier molecular flexibility index (Phi) is 6.23. The Morgan fingerprint density at radius 2 is 1.92 bits per heavy atom. The Bertz CT molecular complexity index is 1500. The van der Waals surface area contributed by atoms with Gasteiger partial charge in [-0.25, -0.2) is 18.7 Å². The lowest BCUT2D eigenvalue weighted by Gasteiger charge is -2.12. The second kappa shape index (κ2) is 9.50. The lowest BCUT2D eigenvalue weighted by molar-refractivity contribution is -0.117. The van der Waals surface area contributed by atoms with E-state index in [1.807, 2.05) is 0 Å². The van der Waals surface area contributed by atoms with Crippen LogP contribution in [0.5, 0.6) is 11.5 Å². The summed E-state index contributed by atoms with van der Waals surface area (Å²) in [6.45, 7) is 0. The Balaban J connectivity index is 1.44. The minimum Gasteiger partial charge on any atom is -0.454 e. The monoisotopic (exact) mass is 553 g/mol. The van der Waals surface area contributed by atoms with Crippen molar-refractivity contribution in [2.24, 2.45) is 11.7 Å². The number of amides is 2. The van der Waals surface area contributed by atoms with Gasteiger partial charge in [0.25, 0.3) is 5.91 Å². The van der Waals surface area contributed by atoms with Gasteiger partial charge in [0.1, 0.15) is 28.9 Å². The van der Waals surface area contributed by atoms with Gasteiger partial charge in [0.2, 0.25) is 5.91 Å². The van der Waals surface area contributed by atoms with Crippen molar-refractivity contribution in [3.63, 3.8) is 0 Å². The van der Waals surface area contributed by atoms with E-state index in [-0.39, 0.29) is 34.8 Å². The summed E-state index contributed by atoms with van der Waals surface area (Å²) in [5.41, 5.74) is 6.17. The molecular weight excluding hydrogens is 536 g/mol. The van der Waals surface area contributed by atoms with Crippen LogP contribution in [0.25, 0.3) is 17.1 Å². The maximum absolute atomic E-state index is 15.1. The van der Waals surface area contributed by atoms with Crippen molar-refractivity contribution in [2.75, 3.05) is 5.32 Å². The molecule has 8 nitrogen and oxygen atoms in total. The average Bonchev–Trinajstić information content (AvgIpc) is 3.60. The van der Waals surface area contributed by atoms with Gasteiger partial charge >= 0.3 is 0 Å². The fourth-order valence-corrected chi connectivity index (χ4v) is 4.07. The van der Waals surface area contributed by atoms with Gasteiger partial charge < -0.3 is 15.8 Å². The van der Waals surface area contributed by atoms with Crippen molar-refractivity contribution in [3.8, 4) is 28.6 Å². The molecule has 0 unspecified atom stereocenters. The summed E-state index contributed by atoms with van der Waals surface area (Å²) >= 11 is 3.30. The number of carbonyl (C=O) groups excluding carboxylic acids is 2. The van der Waals surface area contributed by atoms with Crippen molar-refractivity contribution in [1.29, 1.82) is 0 Å². The van der Waals surface area contributed by atoms with E-state index in [1.165, 1.54) is 59.4 Å². The molecule has 3 N–H and O–H groups in total. The predicted molar refractivity (Wildman–Crippen MR) is 131 cm³/mol. The third-order valence-corrected chi connectivity index (χ3v) is 6.11. The summed E-state index contributed by atoms with van der Waals surface area (Å²) in [4.78, 5) is 32.1. The molecule has 2 aromatic carbocycles. The molecule has 0 aliphatic heterocycles. The summed E-state index contributed by atoms with van der Waals surface area (Å²) < 4.78 is 36.3. The lowest BCUT2D eigenvalue weighted by Crippen LogP contribution is -2.14. The molecule has 1 fully saturated rings. The molecule has 182 valence electrons. The maximum atomic E-state index is 15.1. The first-order valence-corrected chi connectivity index (χ1v) is 11.7. The number of rotatable bonds is 7. The minimum atomic E-state index is -0.768. The van der Waals surface area contributed by atoms with E-state index in [2.05, 4.69) is 31.2 Å². The smallest absolute Gasteiger partial charge is 0.268 e. The number of imidazole rings is 1. The molecule has 36 heavy (non-hydrogen) atoms. The van der Waals surface area contributed by atoms with Crippen LogP contribution in [0.1, 0.15) is 23.3 Å². The quantitative estimate of drug-likeness (QED) is 0.326. The second-order valence-corrected chi connectivity index (χ2v) is 9.02. The number of hydrogen-bond acceptors (Lipinski definition) is 5. The Labute approximate surface area is 212 Å². The number of nitrogens with one attached hydrogen (secondary N) is 1. The van der Waals surface area contributed by atoms with Gasteiger partial charge in [-0.1, -0.05) is 0 Å². The van der Waals surface area contributed by atoms with E-state index >= 15 is 4.39 Å². The van der Waals surface area contributed by atoms with E-state index in [9.17, 15) is 14.0 Å². The fraction of sp³-hybridized carbons (Fsp3) is 0.120. The molecule has 2 aromatic heterocycles. The van der Waals surface area contributed by atoms with Gasteiger partial charge in [-0.2, -0.15) is 0 Å². The Morgan fingerprint density at radius 3 is 2.61 bits per heavy atom. The van der Waals surface area contributed by atoms with Crippen LogP contribution in [0.15, 0.2) is 65.4 Å². The number of benzene rings is 2. The number of nitrogens with two attached hydrogens (primary N) is 1. The first-order chi connectivity index (χ1) is 17.3. The second-order valence-electron chi connectivity index (χ2n) is 8.17. The topological polar surface area (TPSA) is 112 Å². The highest BCUT2D eigenvalue weighted by molar-refractivity contribution is 9.10. The van der Waals surface area contributed by atoms with Gasteiger partial charge in [0.05, 0.1) is 5.69 Å². The number of aromatic nitrogens is 3. The summed E-state index contributed by atoms with van der Waals surface area (Å²) in [5, 5.41) is 2.72. The molecule has 4 aromatic rings. The van der Waals surface area contributed by atoms with Gasteiger partial charge in [-0.15, -0.1) is 0 Å². The van der Waals surface area contributed by atoms with Crippen LogP contribution < -0.4 is 15.8 Å². The first-order valence-electron chi connectivity index (χ1n) is 10.9. The lowest BCUT2D eigenvalue weighted by atomic mass is 10.2. The molecule has 2 heterocycles. The number of halogens is 3. The molecule has 1 aliphatic carbocycles. The largest absolute Gasteiger partial charge is 0.454 e. The van der Waals surface area contributed by atoms with Gasteiger partial charge in [0, 0.05) is 34.4 Å². The van der Waals surface area contributed by atoms with Crippen molar-refractivity contribution in [1.82, 2.24) is 14.5 Å². The summed E-state index contributed by atoms with van der Waals surface area (Å²) in [6.07, 6.45) is 4.56. The highest BCUT2D eigenvalue weighted by Gasteiger charge is 2.29. The van der Waals surface area contributed by atoms with Crippen LogP contribution in [0.3, 0.4) is 0 Å². The van der Waals surface area contributed by atoms with Crippen molar-refractivity contribution in [3.05, 3.63) is 82.7 Å². The van der Waals surface area contributed by atoms with Gasteiger partial charge in [-0.3, -0.25) is 14.2 Å². The zero-order chi connectivity index (χ0) is 25.4. The first kappa shape index (κ1) is 23.6. The van der Waals surface area contributed by atoms with Crippen LogP contribution in [0.2, 0.25) is 0 Å². The highest BCUT2D eigenvalue weighted by Crippen LogP contribution is 2.33. The Hall–Kier alpha value is -4.12. The van der Waals surface area contributed by atoms with Crippen molar-refractivity contribution in [2.45, 2.75) is 12.8 Å². The maximum Gasteiger partial charge on any atom is 0.268 e. The number of nitrogens with zero attached hydrogens (tertiary/aromatic N) is 3. The number of hydrogen-bond donors (Lipinski definition) is 2. The summed E-state index contributed by atoms with van der Waals surface area (Å²) in [7, 11) is 0. The van der Waals surface area contributed by atoms with E-state index in [0.717, 1.165) is 12.8 Å². The Morgan fingerprint density at radius 1 is 1.11 bits per heavy atom. The van der Waals surface area contributed by atoms with Gasteiger partial charge in [0.15, 0.2) is 11.6 Å². The van der Waals surface area contributed by atoms with E-state index < -0.39 is 17.5 Å². The van der Waals surface area contributed by atoms with Crippen LogP contribution in [-0.2, 0) is 4.79 Å². The standard InChI is InChI=1S/C25H18BrF2N5O3/c26-17-10-15(27)4-5-20(17)33-12-19(23(29)34)31-24(33)14-3-6-21(18(28)9-14)36-16-7-8-30-22(11-16)32-25(35)13-1-2-13/h3-13H,1-2H2,(H2,29,34)(H,30,32,35). The molecular formula is C25H18BrF2N5O3. The summed E-state index contributed by atoms with van der Waals surface area (Å²) in [6, 6.07) is 11.2. The van der Waals surface area contributed by atoms with E-state index in [0.29, 0.717) is 21.5 Å². The SMILES string of the molecule is NC(=O)c1cn(-c2ccc(F)cc2Br)c(-c2ccc(Oc3ccnc(NC(=O)C4CC4)c3)c(F)c2)n1. The number of anilines is 1. The predicted octanol–water partition coefficient (Wildman–Crippen LogP) is 5.21. The molecule has 11 heteroatoms. The summed E-state index contributed by atoms with van der Waals surface area (Å²) in [5.74, 6) is -1.26. The van der Waals surface area contributed by atoms with Crippen LogP contribution in [0.4, 0.5) is 14.6 Å². The zero-order valence-corrected chi connectivity index (χ0v) is 20.1. The number of ether oxygens (including phenoxy) is 1. The molecule has 0 atom stereocenters. The van der Waals surface area contributed by atoms with Crippen molar-refractivity contribution >= 4 is 33.6 Å². The van der Waals surface area contributed by atoms with Crippen LogP contribution in [0, 0.1) is 17.6 Å². The average molecular weight is 554 g/mol. The van der Waals surface area contributed by atoms with E-state index in [1.54, 1.807) is 6.07 Å². The molecule has 2 amide bonds.